The first-order valence-corrected chi connectivity index (χ1v) is 8.84. The first-order chi connectivity index (χ1) is 12.8. The summed E-state index contributed by atoms with van der Waals surface area (Å²) in [6.45, 7) is 3.62. The van der Waals surface area contributed by atoms with Crippen LogP contribution in [0.4, 0.5) is 0 Å². The van der Waals surface area contributed by atoms with Crippen LogP contribution in [0.15, 0.2) is 77.4 Å². The molecule has 4 heteroatoms. The summed E-state index contributed by atoms with van der Waals surface area (Å²) in [5, 5.41) is 0. The molecular formula is C22H23NO3. The number of hydrogen-bond acceptors (Lipinski definition) is 3. The zero-order chi connectivity index (χ0) is 18.2. The van der Waals surface area contributed by atoms with Crippen molar-refractivity contribution in [3.8, 4) is 5.75 Å². The Morgan fingerprint density at radius 2 is 1.85 bits per heavy atom. The highest BCUT2D eigenvalue weighted by atomic mass is 16.5. The zero-order valence-electron chi connectivity index (χ0n) is 14.9. The molecule has 0 aliphatic rings. The molecule has 0 aliphatic carbocycles. The lowest BCUT2D eigenvalue weighted by Crippen LogP contribution is -2.30. The van der Waals surface area contributed by atoms with Gasteiger partial charge in [-0.25, -0.2) is 0 Å². The third-order valence-electron chi connectivity index (χ3n) is 3.98. The normalized spacial score (nSPS) is 10.5. The van der Waals surface area contributed by atoms with Crippen LogP contribution in [0.1, 0.15) is 35.0 Å². The summed E-state index contributed by atoms with van der Waals surface area (Å²) in [5.41, 5.74) is 1.69. The van der Waals surface area contributed by atoms with Crippen molar-refractivity contribution in [1.82, 2.24) is 4.90 Å². The van der Waals surface area contributed by atoms with Crippen molar-refractivity contribution < 1.29 is 13.9 Å². The van der Waals surface area contributed by atoms with Crippen LogP contribution in [-0.4, -0.2) is 17.4 Å². The van der Waals surface area contributed by atoms with Crippen LogP contribution in [0.25, 0.3) is 0 Å². The van der Waals surface area contributed by atoms with Gasteiger partial charge in [-0.2, -0.15) is 0 Å². The van der Waals surface area contributed by atoms with Gasteiger partial charge in [0.25, 0.3) is 5.91 Å². The van der Waals surface area contributed by atoms with E-state index in [1.54, 1.807) is 17.2 Å². The molecule has 1 aromatic heterocycles. The lowest BCUT2D eigenvalue weighted by atomic mass is 10.1. The van der Waals surface area contributed by atoms with E-state index in [2.05, 4.69) is 6.92 Å². The Hall–Kier alpha value is -3.01. The molecule has 0 bridgehead atoms. The van der Waals surface area contributed by atoms with Crippen molar-refractivity contribution in [2.24, 2.45) is 0 Å². The average molecular weight is 349 g/mol. The maximum atomic E-state index is 13.1. The summed E-state index contributed by atoms with van der Waals surface area (Å²) >= 11 is 0. The molecule has 0 unspecified atom stereocenters. The molecule has 0 radical (unpaired) electrons. The van der Waals surface area contributed by atoms with Gasteiger partial charge in [-0.3, -0.25) is 4.79 Å². The van der Waals surface area contributed by atoms with Gasteiger partial charge in [0.15, 0.2) is 0 Å². The standard InChI is InChI=1S/C22H23NO3/c1-2-13-25-20-11-6-10-19(15-20)22(24)23(17-21-12-7-14-26-21)16-18-8-4-3-5-9-18/h3-12,14-15H,2,13,16-17H2,1H3. The van der Waals surface area contributed by atoms with Gasteiger partial charge in [-0.15, -0.1) is 0 Å². The topological polar surface area (TPSA) is 42.7 Å². The third-order valence-corrected chi connectivity index (χ3v) is 3.98. The van der Waals surface area contributed by atoms with Crippen LogP contribution in [0.2, 0.25) is 0 Å². The molecule has 26 heavy (non-hydrogen) atoms. The Morgan fingerprint density at radius 3 is 2.58 bits per heavy atom. The maximum Gasteiger partial charge on any atom is 0.254 e. The average Bonchev–Trinajstić information content (AvgIpc) is 3.19. The number of nitrogens with zero attached hydrogens (tertiary/aromatic N) is 1. The van der Waals surface area contributed by atoms with Crippen LogP contribution in [0.3, 0.4) is 0 Å². The van der Waals surface area contributed by atoms with E-state index in [4.69, 9.17) is 9.15 Å². The minimum Gasteiger partial charge on any atom is -0.494 e. The van der Waals surface area contributed by atoms with E-state index in [0.29, 0.717) is 25.3 Å². The number of rotatable bonds is 8. The highest BCUT2D eigenvalue weighted by Gasteiger charge is 2.18. The SMILES string of the molecule is CCCOc1cccc(C(=O)N(Cc2ccccc2)Cc2ccco2)c1. The molecule has 0 N–H and O–H groups in total. The van der Waals surface area contributed by atoms with E-state index in [9.17, 15) is 4.79 Å². The fourth-order valence-electron chi connectivity index (χ4n) is 2.72. The molecule has 3 rings (SSSR count). The molecular weight excluding hydrogens is 326 g/mol. The number of carbonyl (C=O) groups excluding carboxylic acids is 1. The molecule has 0 spiro atoms. The van der Waals surface area contributed by atoms with Crippen molar-refractivity contribution >= 4 is 5.91 Å². The second-order valence-corrected chi connectivity index (χ2v) is 6.10. The van der Waals surface area contributed by atoms with Gasteiger partial charge >= 0.3 is 0 Å². The molecule has 1 heterocycles. The number of furan rings is 1. The Balaban J connectivity index is 1.81. The zero-order valence-corrected chi connectivity index (χ0v) is 14.9. The van der Waals surface area contributed by atoms with Gasteiger partial charge in [0.2, 0.25) is 0 Å². The largest absolute Gasteiger partial charge is 0.494 e. The summed E-state index contributed by atoms with van der Waals surface area (Å²) in [6.07, 6.45) is 2.55. The minimum absolute atomic E-state index is 0.0489. The summed E-state index contributed by atoms with van der Waals surface area (Å²) in [7, 11) is 0. The van der Waals surface area contributed by atoms with E-state index >= 15 is 0 Å². The predicted molar refractivity (Wildman–Crippen MR) is 101 cm³/mol. The van der Waals surface area contributed by atoms with Crippen LogP contribution >= 0.6 is 0 Å². The molecule has 0 saturated heterocycles. The highest BCUT2D eigenvalue weighted by Crippen LogP contribution is 2.18. The Kier molecular flexibility index (Phi) is 6.09. The molecule has 0 fully saturated rings. The molecule has 0 aliphatic heterocycles. The summed E-state index contributed by atoms with van der Waals surface area (Å²) < 4.78 is 11.1. The predicted octanol–water partition coefficient (Wildman–Crippen LogP) is 4.91. The van der Waals surface area contributed by atoms with Gasteiger partial charge in [-0.05, 0) is 42.3 Å². The molecule has 4 nitrogen and oxygen atoms in total. The summed E-state index contributed by atoms with van der Waals surface area (Å²) in [6, 6.07) is 21.0. The van der Waals surface area contributed by atoms with Crippen LogP contribution in [0, 0.1) is 0 Å². The van der Waals surface area contributed by atoms with Gasteiger partial charge in [0.1, 0.15) is 11.5 Å². The van der Waals surface area contributed by atoms with E-state index in [0.717, 1.165) is 23.5 Å². The molecule has 134 valence electrons. The Morgan fingerprint density at radius 1 is 1.00 bits per heavy atom. The minimum atomic E-state index is -0.0489. The number of ether oxygens (including phenoxy) is 1. The van der Waals surface area contributed by atoms with Gasteiger partial charge in [0, 0.05) is 12.1 Å². The van der Waals surface area contributed by atoms with Crippen molar-refractivity contribution in [1.29, 1.82) is 0 Å². The van der Waals surface area contributed by atoms with Gasteiger partial charge in [-0.1, -0.05) is 43.3 Å². The fourth-order valence-corrected chi connectivity index (χ4v) is 2.72. The van der Waals surface area contributed by atoms with Crippen LogP contribution in [-0.2, 0) is 13.1 Å². The molecule has 1 amide bonds. The quantitative estimate of drug-likeness (QED) is 0.580. The maximum absolute atomic E-state index is 13.1. The fraction of sp³-hybridized carbons (Fsp3) is 0.227. The van der Waals surface area contributed by atoms with E-state index in [1.807, 2.05) is 60.7 Å². The molecule has 3 aromatic rings. The lowest BCUT2D eigenvalue weighted by Gasteiger charge is -2.22. The smallest absolute Gasteiger partial charge is 0.254 e. The Labute approximate surface area is 154 Å². The van der Waals surface area contributed by atoms with E-state index < -0.39 is 0 Å². The second-order valence-electron chi connectivity index (χ2n) is 6.10. The van der Waals surface area contributed by atoms with E-state index in [-0.39, 0.29) is 5.91 Å². The lowest BCUT2D eigenvalue weighted by molar-refractivity contribution is 0.0717. The summed E-state index contributed by atoms with van der Waals surface area (Å²) in [4.78, 5) is 14.9. The van der Waals surface area contributed by atoms with Gasteiger partial charge < -0.3 is 14.1 Å². The van der Waals surface area contributed by atoms with Crippen molar-refractivity contribution in [2.75, 3.05) is 6.61 Å². The third kappa shape index (κ3) is 4.76. The highest BCUT2D eigenvalue weighted by molar-refractivity contribution is 5.94. The summed E-state index contributed by atoms with van der Waals surface area (Å²) in [5.74, 6) is 1.43. The molecule has 0 atom stereocenters. The van der Waals surface area contributed by atoms with E-state index in [1.165, 1.54) is 0 Å². The van der Waals surface area contributed by atoms with Gasteiger partial charge in [0.05, 0.1) is 19.4 Å². The molecule has 2 aromatic carbocycles. The van der Waals surface area contributed by atoms with Crippen molar-refractivity contribution in [3.05, 3.63) is 89.9 Å². The van der Waals surface area contributed by atoms with Crippen molar-refractivity contribution in [3.63, 3.8) is 0 Å². The Bertz CT molecular complexity index is 812. The van der Waals surface area contributed by atoms with Crippen LogP contribution in [0.5, 0.6) is 5.75 Å². The first-order valence-electron chi connectivity index (χ1n) is 8.84. The first kappa shape index (κ1) is 17.8. The number of benzene rings is 2. The van der Waals surface area contributed by atoms with Crippen molar-refractivity contribution in [2.45, 2.75) is 26.4 Å². The molecule has 0 saturated carbocycles. The number of carbonyl (C=O) groups is 1. The monoisotopic (exact) mass is 349 g/mol. The number of hydrogen-bond donors (Lipinski definition) is 0. The number of amides is 1. The second kappa shape index (κ2) is 8.90. The van der Waals surface area contributed by atoms with Crippen LogP contribution < -0.4 is 4.74 Å².